The summed E-state index contributed by atoms with van der Waals surface area (Å²) in [6.45, 7) is 0.927. The number of nitrogens with zero attached hydrogens (tertiary/aromatic N) is 5. The summed E-state index contributed by atoms with van der Waals surface area (Å²) in [5, 5.41) is 13.8. The standard InChI is InChI=1S/C28H26F2N6O3/c1-14(38)25-26(16-8-18-4-5-19(9-16)35(18)24(39)13-37)34-28-21(12-33-36(28)27(25)31)15-2-7-23(32-11-15)20-6-3-17(29)10-22(20)30/h2-3,6-7,10-12,16,18-19,37H,4-5,8-9,13,31H2,1H3. The Kier molecular flexibility index (Phi) is 6.10. The second-order valence-corrected chi connectivity index (χ2v) is 10.2. The zero-order valence-corrected chi connectivity index (χ0v) is 21.1. The topological polar surface area (TPSA) is 127 Å². The van der Waals surface area contributed by atoms with Crippen molar-refractivity contribution in [3.63, 3.8) is 0 Å². The molecule has 3 aromatic heterocycles. The van der Waals surface area contributed by atoms with Crippen LogP contribution in [-0.2, 0) is 4.79 Å². The molecule has 4 aromatic rings. The second kappa shape index (κ2) is 9.49. The van der Waals surface area contributed by atoms with E-state index in [1.54, 1.807) is 29.4 Å². The minimum Gasteiger partial charge on any atom is -0.387 e. The summed E-state index contributed by atoms with van der Waals surface area (Å²) in [5.41, 5.74) is 9.66. The number of ketones is 1. The number of rotatable bonds is 5. The number of hydrogen-bond donors (Lipinski definition) is 2. The Hall–Kier alpha value is -4.25. The van der Waals surface area contributed by atoms with Crippen LogP contribution in [0.5, 0.6) is 0 Å². The molecule has 2 atom stereocenters. The van der Waals surface area contributed by atoms with E-state index in [2.05, 4.69) is 10.1 Å². The fourth-order valence-corrected chi connectivity index (χ4v) is 6.19. The highest BCUT2D eigenvalue weighted by Gasteiger charge is 2.44. The molecule has 200 valence electrons. The first-order chi connectivity index (χ1) is 18.8. The van der Waals surface area contributed by atoms with Crippen molar-refractivity contribution in [2.24, 2.45) is 0 Å². The molecule has 1 amide bonds. The SMILES string of the molecule is CC(=O)c1c(C2CC3CCC(C2)N3C(=O)CO)nc2c(-c3ccc(-c4ccc(F)cc4F)nc3)cnn2c1N. The van der Waals surface area contributed by atoms with Crippen molar-refractivity contribution in [3.8, 4) is 22.4 Å². The first kappa shape index (κ1) is 25.1. The summed E-state index contributed by atoms with van der Waals surface area (Å²) in [6, 6.07) is 6.66. The van der Waals surface area contributed by atoms with Crippen LogP contribution < -0.4 is 5.73 Å². The van der Waals surface area contributed by atoms with Crippen LogP contribution in [0.15, 0.2) is 42.7 Å². The van der Waals surface area contributed by atoms with Crippen LogP contribution >= 0.6 is 0 Å². The van der Waals surface area contributed by atoms with Gasteiger partial charge in [0, 0.05) is 47.0 Å². The lowest BCUT2D eigenvalue weighted by atomic mass is 9.85. The number of benzene rings is 1. The molecule has 5 heterocycles. The number of carbonyl (C=O) groups is 2. The molecule has 2 saturated heterocycles. The third-order valence-corrected chi connectivity index (χ3v) is 7.89. The molecule has 39 heavy (non-hydrogen) atoms. The van der Waals surface area contributed by atoms with Gasteiger partial charge in [-0.3, -0.25) is 14.6 Å². The van der Waals surface area contributed by atoms with Gasteiger partial charge in [-0.05, 0) is 50.8 Å². The highest BCUT2D eigenvalue weighted by Crippen LogP contribution is 2.44. The van der Waals surface area contributed by atoms with Crippen molar-refractivity contribution < 1.29 is 23.5 Å². The molecule has 6 rings (SSSR count). The number of amides is 1. The number of Topliss-reactive ketones (excluding diaryl/α,β-unsaturated/α-hetero) is 1. The second-order valence-electron chi connectivity index (χ2n) is 10.2. The number of pyridine rings is 1. The number of nitrogens with two attached hydrogens (primary N) is 1. The molecule has 0 aliphatic carbocycles. The average Bonchev–Trinajstić information content (AvgIpc) is 3.46. The van der Waals surface area contributed by atoms with E-state index in [0.717, 1.165) is 18.9 Å². The monoisotopic (exact) mass is 532 g/mol. The number of halogens is 2. The largest absolute Gasteiger partial charge is 0.387 e. The van der Waals surface area contributed by atoms with Crippen molar-refractivity contribution in [2.75, 3.05) is 12.3 Å². The fraction of sp³-hybridized carbons (Fsp3) is 0.321. The Morgan fingerprint density at radius 3 is 2.44 bits per heavy atom. The number of hydrogen-bond acceptors (Lipinski definition) is 7. The predicted molar refractivity (Wildman–Crippen MR) is 139 cm³/mol. The summed E-state index contributed by atoms with van der Waals surface area (Å²) in [6.07, 6.45) is 6.07. The van der Waals surface area contributed by atoms with E-state index in [1.165, 1.54) is 23.6 Å². The highest BCUT2D eigenvalue weighted by molar-refractivity contribution is 6.00. The van der Waals surface area contributed by atoms with Gasteiger partial charge in [0.1, 0.15) is 24.1 Å². The van der Waals surface area contributed by atoms with E-state index >= 15 is 0 Å². The maximum absolute atomic E-state index is 14.3. The summed E-state index contributed by atoms with van der Waals surface area (Å²) >= 11 is 0. The Balaban J connectivity index is 1.40. The molecule has 3 N–H and O–H groups in total. The molecule has 2 fully saturated rings. The van der Waals surface area contributed by atoms with E-state index < -0.39 is 18.2 Å². The van der Waals surface area contributed by atoms with Crippen molar-refractivity contribution >= 4 is 23.2 Å². The maximum atomic E-state index is 14.3. The predicted octanol–water partition coefficient (Wildman–Crippen LogP) is 3.75. The molecule has 2 aliphatic heterocycles. The lowest BCUT2D eigenvalue weighted by molar-refractivity contribution is -0.138. The molecular formula is C28H26F2N6O3. The minimum atomic E-state index is -0.706. The number of anilines is 1. The van der Waals surface area contributed by atoms with Crippen molar-refractivity contribution in [2.45, 2.75) is 50.6 Å². The normalized spacial score (nSPS) is 20.5. The molecule has 2 aliphatic rings. The van der Waals surface area contributed by atoms with E-state index in [1.807, 2.05) is 0 Å². The number of piperidine rings is 1. The Morgan fingerprint density at radius 2 is 1.82 bits per heavy atom. The number of nitrogen functional groups attached to an aromatic ring is 1. The van der Waals surface area contributed by atoms with Gasteiger partial charge < -0.3 is 15.7 Å². The molecular weight excluding hydrogens is 506 g/mol. The average molecular weight is 533 g/mol. The van der Waals surface area contributed by atoms with Crippen molar-refractivity contribution in [1.82, 2.24) is 24.5 Å². The van der Waals surface area contributed by atoms with Gasteiger partial charge in [0.2, 0.25) is 5.91 Å². The Labute approximate surface area is 222 Å². The van der Waals surface area contributed by atoms with Crippen LogP contribution in [0.1, 0.15) is 54.6 Å². The van der Waals surface area contributed by atoms with Gasteiger partial charge >= 0.3 is 0 Å². The Bertz CT molecular complexity index is 1610. The van der Waals surface area contributed by atoms with Crippen molar-refractivity contribution in [1.29, 1.82) is 0 Å². The number of carbonyl (C=O) groups excluding carboxylic acids is 2. The van der Waals surface area contributed by atoms with Gasteiger partial charge in [-0.1, -0.05) is 6.07 Å². The van der Waals surface area contributed by atoms with E-state index in [-0.39, 0.29) is 41.1 Å². The van der Waals surface area contributed by atoms with Gasteiger partial charge in [0.15, 0.2) is 11.4 Å². The number of fused-ring (bicyclic) bond motifs is 3. The van der Waals surface area contributed by atoms with Gasteiger partial charge in [0.25, 0.3) is 0 Å². The minimum absolute atomic E-state index is 0.0274. The molecule has 9 nitrogen and oxygen atoms in total. The summed E-state index contributed by atoms with van der Waals surface area (Å²) in [7, 11) is 0. The molecule has 2 unspecified atom stereocenters. The Morgan fingerprint density at radius 1 is 1.08 bits per heavy atom. The third-order valence-electron chi connectivity index (χ3n) is 7.89. The van der Waals surface area contributed by atoms with Crippen LogP contribution in [0.3, 0.4) is 0 Å². The van der Waals surface area contributed by atoms with Crippen molar-refractivity contribution in [3.05, 3.63) is 65.6 Å². The van der Waals surface area contributed by atoms with Gasteiger partial charge in [0.05, 0.1) is 23.1 Å². The highest BCUT2D eigenvalue weighted by atomic mass is 19.1. The summed E-state index contributed by atoms with van der Waals surface area (Å²) in [4.78, 5) is 36.2. The van der Waals surface area contributed by atoms with Crippen LogP contribution in [0.2, 0.25) is 0 Å². The summed E-state index contributed by atoms with van der Waals surface area (Å²) in [5.74, 6) is -1.77. The van der Waals surface area contributed by atoms with E-state index in [0.29, 0.717) is 46.6 Å². The first-order valence-electron chi connectivity index (χ1n) is 12.8. The molecule has 0 radical (unpaired) electrons. The van der Waals surface area contributed by atoms with Crippen LogP contribution in [0, 0.1) is 11.6 Å². The lowest BCUT2D eigenvalue weighted by Gasteiger charge is -2.39. The zero-order valence-electron chi connectivity index (χ0n) is 21.1. The number of aliphatic hydroxyl groups is 1. The zero-order chi connectivity index (χ0) is 27.4. The summed E-state index contributed by atoms with van der Waals surface area (Å²) < 4.78 is 29.0. The molecule has 11 heteroatoms. The third kappa shape index (κ3) is 4.13. The molecule has 2 bridgehead atoms. The quantitative estimate of drug-likeness (QED) is 0.375. The molecule has 1 aromatic carbocycles. The number of aromatic nitrogens is 4. The fourth-order valence-electron chi connectivity index (χ4n) is 6.19. The maximum Gasteiger partial charge on any atom is 0.248 e. The molecule has 0 saturated carbocycles. The van der Waals surface area contributed by atoms with Gasteiger partial charge in [-0.15, -0.1) is 0 Å². The van der Waals surface area contributed by atoms with E-state index in [9.17, 15) is 23.5 Å². The van der Waals surface area contributed by atoms with E-state index in [4.69, 9.17) is 10.7 Å². The van der Waals surface area contributed by atoms with Crippen LogP contribution in [0.4, 0.5) is 14.6 Å². The van der Waals surface area contributed by atoms with Gasteiger partial charge in [-0.25, -0.2) is 13.8 Å². The number of aliphatic hydroxyl groups excluding tert-OH is 1. The first-order valence-corrected chi connectivity index (χ1v) is 12.8. The van der Waals surface area contributed by atoms with Crippen LogP contribution in [-0.4, -0.2) is 60.0 Å². The van der Waals surface area contributed by atoms with Gasteiger partial charge in [-0.2, -0.15) is 9.61 Å². The molecule has 0 spiro atoms. The smallest absolute Gasteiger partial charge is 0.248 e. The lowest BCUT2D eigenvalue weighted by Crippen LogP contribution is -2.47. The van der Waals surface area contributed by atoms with Crippen LogP contribution in [0.25, 0.3) is 28.0 Å².